The predicted octanol–water partition coefficient (Wildman–Crippen LogP) is 4.02. The summed E-state index contributed by atoms with van der Waals surface area (Å²) in [6, 6.07) is 3.89. The molecule has 0 aliphatic heterocycles. The Morgan fingerprint density at radius 1 is 1.14 bits per heavy atom. The highest BCUT2D eigenvalue weighted by Crippen LogP contribution is 2.44. The molecule has 1 unspecified atom stereocenters. The van der Waals surface area contributed by atoms with Crippen LogP contribution in [0.25, 0.3) is 0 Å². The monoisotopic (exact) mass is 314 g/mol. The summed E-state index contributed by atoms with van der Waals surface area (Å²) in [6.45, 7) is 11.8. The molecule has 21 heavy (non-hydrogen) atoms. The van der Waals surface area contributed by atoms with Crippen molar-refractivity contribution in [2.75, 3.05) is 7.11 Å². The van der Waals surface area contributed by atoms with Crippen molar-refractivity contribution in [3.8, 4) is 5.75 Å². The molecule has 0 spiro atoms. The van der Waals surface area contributed by atoms with Crippen molar-refractivity contribution in [3.05, 3.63) is 28.8 Å². The van der Waals surface area contributed by atoms with Gasteiger partial charge in [0.15, 0.2) is 0 Å². The fourth-order valence-electron chi connectivity index (χ4n) is 2.09. The number of rotatable bonds is 5. The normalized spacial score (nSPS) is 14.1. The number of aliphatic hydroxyl groups is 1. The Morgan fingerprint density at radius 2 is 1.71 bits per heavy atom. The highest BCUT2D eigenvalue weighted by Gasteiger charge is 2.27. The van der Waals surface area contributed by atoms with Gasteiger partial charge < -0.3 is 19.0 Å². The fraction of sp³-hybridized carbons (Fsp3) is 0.625. The van der Waals surface area contributed by atoms with Gasteiger partial charge in [0, 0.05) is 12.7 Å². The maximum Gasteiger partial charge on any atom is 0.394 e. The van der Waals surface area contributed by atoms with Crippen LogP contribution in [-0.2, 0) is 22.0 Å². The van der Waals surface area contributed by atoms with Gasteiger partial charge in [-0.2, -0.15) is 0 Å². The van der Waals surface area contributed by atoms with E-state index in [4.69, 9.17) is 9.05 Å². The maximum absolute atomic E-state index is 10.3. The molecule has 0 aliphatic rings. The van der Waals surface area contributed by atoms with E-state index in [-0.39, 0.29) is 5.41 Å². The van der Waals surface area contributed by atoms with Crippen molar-refractivity contribution >= 4 is 8.60 Å². The Kier molecular flexibility index (Phi) is 5.79. The molecule has 2 N–H and O–H groups in total. The van der Waals surface area contributed by atoms with Gasteiger partial charge in [0.2, 0.25) is 0 Å². The topological polar surface area (TPSA) is 58.9 Å². The highest BCUT2D eigenvalue weighted by atomic mass is 31.2. The van der Waals surface area contributed by atoms with Crippen LogP contribution >= 0.6 is 8.60 Å². The summed E-state index contributed by atoms with van der Waals surface area (Å²) in [5, 5.41) is 10.3. The molecule has 4 nitrogen and oxygen atoms in total. The second-order valence-electron chi connectivity index (χ2n) is 6.69. The van der Waals surface area contributed by atoms with Crippen molar-refractivity contribution < 1.29 is 19.0 Å². The second-order valence-corrected chi connectivity index (χ2v) is 7.71. The number of benzene rings is 1. The predicted molar refractivity (Wildman–Crippen MR) is 86.5 cm³/mol. The lowest BCUT2D eigenvalue weighted by Gasteiger charge is -2.29. The average Bonchev–Trinajstić information content (AvgIpc) is 2.35. The largest absolute Gasteiger partial charge is 0.426 e. The molecule has 1 aromatic rings. The summed E-state index contributed by atoms with van der Waals surface area (Å²) in [4.78, 5) is 9.72. The SMILES string of the molecule is CCc1cc(C(C)(C)O)cc(C(C)(C)C)c1OP(O)OC. The van der Waals surface area contributed by atoms with Crippen molar-refractivity contribution in [2.24, 2.45) is 0 Å². The van der Waals surface area contributed by atoms with E-state index in [0.717, 1.165) is 23.1 Å². The number of hydrogen-bond donors (Lipinski definition) is 2. The van der Waals surface area contributed by atoms with Gasteiger partial charge in [0.05, 0.1) is 5.60 Å². The molecule has 5 heteroatoms. The van der Waals surface area contributed by atoms with E-state index in [1.165, 1.54) is 7.11 Å². The quantitative estimate of drug-likeness (QED) is 0.806. The van der Waals surface area contributed by atoms with Crippen LogP contribution in [0.4, 0.5) is 0 Å². The molecule has 0 saturated carbocycles. The minimum Gasteiger partial charge on any atom is -0.426 e. The number of aryl methyl sites for hydroxylation is 1. The molecule has 1 rings (SSSR count). The zero-order valence-corrected chi connectivity index (χ0v) is 14.9. The molecule has 0 fully saturated rings. The molecule has 0 saturated heterocycles. The molecular weight excluding hydrogens is 287 g/mol. The third kappa shape index (κ3) is 4.65. The first kappa shape index (κ1) is 18.4. The van der Waals surface area contributed by atoms with Gasteiger partial charge in [0.25, 0.3) is 0 Å². The van der Waals surface area contributed by atoms with Crippen LogP contribution in [0, 0.1) is 0 Å². The van der Waals surface area contributed by atoms with Gasteiger partial charge in [-0.3, -0.25) is 0 Å². The Labute approximate surface area is 129 Å². The van der Waals surface area contributed by atoms with Gasteiger partial charge in [-0.25, -0.2) is 0 Å². The summed E-state index contributed by atoms with van der Waals surface area (Å²) in [6.07, 6.45) is 0.745. The fourth-order valence-corrected chi connectivity index (χ4v) is 2.53. The van der Waals surface area contributed by atoms with Gasteiger partial charge in [-0.05, 0) is 48.9 Å². The van der Waals surface area contributed by atoms with Crippen LogP contribution in [0.2, 0.25) is 0 Å². The molecule has 0 aliphatic carbocycles. The van der Waals surface area contributed by atoms with Crippen molar-refractivity contribution in [1.82, 2.24) is 0 Å². The molecule has 0 bridgehead atoms. The third-order valence-electron chi connectivity index (χ3n) is 3.39. The molecule has 0 heterocycles. The molecule has 0 radical (unpaired) electrons. The van der Waals surface area contributed by atoms with E-state index in [1.54, 1.807) is 13.8 Å². The van der Waals surface area contributed by atoms with E-state index >= 15 is 0 Å². The molecule has 1 aromatic carbocycles. The van der Waals surface area contributed by atoms with E-state index < -0.39 is 14.2 Å². The summed E-state index contributed by atoms with van der Waals surface area (Å²) in [7, 11) is -0.524. The van der Waals surface area contributed by atoms with Gasteiger partial charge >= 0.3 is 8.60 Å². The van der Waals surface area contributed by atoms with Crippen LogP contribution in [0.15, 0.2) is 12.1 Å². The maximum atomic E-state index is 10.3. The number of hydrogen-bond acceptors (Lipinski definition) is 4. The van der Waals surface area contributed by atoms with Gasteiger partial charge in [-0.15, -0.1) is 0 Å². The summed E-state index contributed by atoms with van der Waals surface area (Å²) in [5.41, 5.74) is 1.66. The highest BCUT2D eigenvalue weighted by molar-refractivity contribution is 7.41. The lowest BCUT2D eigenvalue weighted by atomic mass is 9.81. The molecular formula is C16H27O4P. The van der Waals surface area contributed by atoms with Crippen LogP contribution < -0.4 is 4.52 Å². The third-order valence-corrected chi connectivity index (χ3v) is 4.04. The van der Waals surface area contributed by atoms with Crippen molar-refractivity contribution in [2.45, 2.75) is 59.0 Å². The van der Waals surface area contributed by atoms with Crippen molar-refractivity contribution in [1.29, 1.82) is 0 Å². The first-order valence-corrected chi connectivity index (χ1v) is 8.25. The van der Waals surface area contributed by atoms with Crippen LogP contribution in [0.5, 0.6) is 5.75 Å². The Hall–Kier alpha value is -0.670. The molecule has 120 valence electrons. The Bertz CT molecular complexity index is 486. The van der Waals surface area contributed by atoms with Crippen molar-refractivity contribution in [3.63, 3.8) is 0 Å². The smallest absolute Gasteiger partial charge is 0.394 e. The standard InChI is InChI=1S/C16H27O4P/c1-8-11-9-12(16(5,6)17)10-13(15(2,3)4)14(11)20-21(18)19-7/h9-10,17-18H,8H2,1-7H3. The van der Waals surface area contributed by atoms with Gasteiger partial charge in [-0.1, -0.05) is 27.7 Å². The zero-order chi connectivity index (χ0) is 16.4. The minimum atomic E-state index is -1.94. The van der Waals surface area contributed by atoms with E-state index in [1.807, 2.05) is 19.1 Å². The van der Waals surface area contributed by atoms with Gasteiger partial charge in [0.1, 0.15) is 5.75 Å². The zero-order valence-electron chi connectivity index (χ0n) is 14.0. The molecule has 1 atom stereocenters. The Balaban J connectivity index is 3.53. The summed E-state index contributed by atoms with van der Waals surface area (Å²) < 4.78 is 10.5. The molecule has 0 aromatic heterocycles. The Morgan fingerprint density at radius 3 is 2.10 bits per heavy atom. The van der Waals surface area contributed by atoms with Crippen LogP contribution in [-0.4, -0.2) is 17.1 Å². The first-order valence-electron chi connectivity index (χ1n) is 7.12. The van der Waals surface area contributed by atoms with E-state index in [2.05, 4.69) is 20.8 Å². The summed E-state index contributed by atoms with van der Waals surface area (Å²) in [5.74, 6) is 0.661. The minimum absolute atomic E-state index is 0.176. The lowest BCUT2D eigenvalue weighted by Crippen LogP contribution is -2.20. The van der Waals surface area contributed by atoms with E-state index in [9.17, 15) is 10.00 Å². The average molecular weight is 314 g/mol. The van der Waals surface area contributed by atoms with Crippen LogP contribution in [0.1, 0.15) is 58.2 Å². The van der Waals surface area contributed by atoms with Crippen LogP contribution in [0.3, 0.4) is 0 Å². The summed E-state index contributed by atoms with van der Waals surface area (Å²) >= 11 is 0. The van der Waals surface area contributed by atoms with E-state index in [0.29, 0.717) is 5.75 Å². The first-order chi connectivity index (χ1) is 9.50. The second kappa shape index (κ2) is 6.62. The lowest BCUT2D eigenvalue weighted by molar-refractivity contribution is 0.0783. The molecule has 0 amide bonds.